The van der Waals surface area contributed by atoms with Gasteiger partial charge >= 0.3 is 0 Å². The third-order valence-electron chi connectivity index (χ3n) is 3.86. The van der Waals surface area contributed by atoms with E-state index in [4.69, 9.17) is 0 Å². The summed E-state index contributed by atoms with van der Waals surface area (Å²) in [5.74, 6) is -1.53. The van der Waals surface area contributed by atoms with Crippen LogP contribution >= 0.6 is 0 Å². The number of piperazine rings is 1. The average molecular weight is 268 g/mol. The molecule has 106 valence electrons. The Kier molecular flexibility index (Phi) is 3.81. The van der Waals surface area contributed by atoms with Gasteiger partial charge in [-0.1, -0.05) is 26.8 Å². The Morgan fingerprint density at radius 3 is 2.58 bits per heavy atom. The summed E-state index contributed by atoms with van der Waals surface area (Å²) in [5, 5.41) is 3.48. The van der Waals surface area contributed by atoms with Gasteiger partial charge in [0.2, 0.25) is 0 Å². The molecule has 0 aliphatic carbocycles. The summed E-state index contributed by atoms with van der Waals surface area (Å²) in [7, 11) is 0. The number of nitrogens with zero attached hydrogens (tertiary/aromatic N) is 1. The third kappa shape index (κ3) is 2.89. The Morgan fingerprint density at radius 2 is 1.95 bits per heavy atom. The lowest BCUT2D eigenvalue weighted by molar-refractivity contribution is 0.238. The van der Waals surface area contributed by atoms with E-state index >= 15 is 0 Å². The van der Waals surface area contributed by atoms with Gasteiger partial charge in [0.1, 0.15) is 0 Å². The first-order valence-corrected chi connectivity index (χ1v) is 6.74. The monoisotopic (exact) mass is 268 g/mol. The van der Waals surface area contributed by atoms with Crippen LogP contribution in [0.3, 0.4) is 0 Å². The predicted molar refractivity (Wildman–Crippen MR) is 74.4 cm³/mol. The third-order valence-corrected chi connectivity index (χ3v) is 3.86. The summed E-state index contributed by atoms with van der Waals surface area (Å²) in [6, 6.07) is 4.78. The Morgan fingerprint density at radius 1 is 1.26 bits per heavy atom. The first kappa shape index (κ1) is 14.3. The topological polar surface area (TPSA) is 15.3 Å². The highest BCUT2D eigenvalue weighted by molar-refractivity contribution is 5.50. The van der Waals surface area contributed by atoms with Crippen LogP contribution in [-0.2, 0) is 0 Å². The van der Waals surface area contributed by atoms with Gasteiger partial charge in [0.05, 0.1) is 5.69 Å². The second-order valence-corrected chi connectivity index (χ2v) is 6.40. The molecule has 19 heavy (non-hydrogen) atoms. The number of anilines is 1. The smallest absolute Gasteiger partial charge is 0.182 e. The van der Waals surface area contributed by atoms with Crippen molar-refractivity contribution in [3.8, 4) is 0 Å². The van der Waals surface area contributed by atoms with Crippen LogP contribution in [0.1, 0.15) is 27.7 Å². The maximum absolute atomic E-state index is 13.9. The number of benzene rings is 1. The molecule has 0 spiro atoms. The minimum Gasteiger partial charge on any atom is -0.364 e. The predicted octanol–water partition coefficient (Wildman–Crippen LogP) is 3.18. The molecule has 1 N–H and O–H groups in total. The van der Waals surface area contributed by atoms with Crippen molar-refractivity contribution in [1.82, 2.24) is 5.32 Å². The van der Waals surface area contributed by atoms with E-state index in [0.717, 1.165) is 12.6 Å². The lowest BCUT2D eigenvalue weighted by atomic mass is 9.84. The quantitative estimate of drug-likeness (QED) is 0.841. The highest BCUT2D eigenvalue weighted by atomic mass is 19.2. The Labute approximate surface area is 113 Å². The maximum atomic E-state index is 13.9. The molecule has 0 bridgehead atoms. The number of nitrogens with one attached hydrogen (secondary N) is 1. The van der Waals surface area contributed by atoms with Crippen molar-refractivity contribution in [2.24, 2.45) is 5.41 Å². The van der Waals surface area contributed by atoms with Crippen molar-refractivity contribution in [1.29, 1.82) is 0 Å². The maximum Gasteiger partial charge on any atom is 0.182 e. The molecular weight excluding hydrogens is 246 g/mol. The van der Waals surface area contributed by atoms with Crippen molar-refractivity contribution < 1.29 is 8.78 Å². The normalized spacial score (nSPS) is 24.6. The number of hydrogen-bond donors (Lipinski definition) is 1. The van der Waals surface area contributed by atoms with Crippen molar-refractivity contribution >= 4 is 5.69 Å². The molecule has 0 saturated carbocycles. The van der Waals surface area contributed by atoms with Crippen LogP contribution in [-0.4, -0.2) is 25.2 Å². The molecule has 1 aromatic carbocycles. The second kappa shape index (κ2) is 5.08. The zero-order valence-electron chi connectivity index (χ0n) is 12.0. The number of halogens is 2. The van der Waals surface area contributed by atoms with Crippen LogP contribution in [0.5, 0.6) is 0 Å². The molecule has 2 rings (SSSR count). The molecule has 4 heteroatoms. The van der Waals surface area contributed by atoms with Gasteiger partial charge in [-0.15, -0.1) is 0 Å². The minimum absolute atomic E-state index is 0.0855. The van der Waals surface area contributed by atoms with Crippen LogP contribution in [0.2, 0.25) is 0 Å². The summed E-state index contributed by atoms with van der Waals surface area (Å²) in [5.41, 5.74) is 0.450. The first-order chi connectivity index (χ1) is 8.80. The van der Waals surface area contributed by atoms with Crippen molar-refractivity contribution in [3.05, 3.63) is 29.8 Å². The highest BCUT2D eigenvalue weighted by Gasteiger charge is 2.33. The number of hydrogen-bond acceptors (Lipinski definition) is 2. The zero-order valence-corrected chi connectivity index (χ0v) is 12.0. The van der Waals surface area contributed by atoms with Crippen molar-refractivity contribution in [2.75, 3.05) is 18.0 Å². The second-order valence-electron chi connectivity index (χ2n) is 6.40. The van der Waals surface area contributed by atoms with Crippen LogP contribution in [0.4, 0.5) is 14.5 Å². The SMILES string of the molecule is CC1CNC(C(C)(C)C)CN1c1cccc(F)c1F. The van der Waals surface area contributed by atoms with E-state index in [0.29, 0.717) is 12.2 Å². The highest BCUT2D eigenvalue weighted by Crippen LogP contribution is 2.29. The summed E-state index contributed by atoms with van der Waals surface area (Å²) < 4.78 is 27.3. The Balaban J connectivity index is 2.29. The molecule has 1 aromatic rings. The van der Waals surface area contributed by atoms with E-state index in [9.17, 15) is 8.78 Å². The lowest BCUT2D eigenvalue weighted by Gasteiger charge is -2.45. The van der Waals surface area contributed by atoms with Crippen molar-refractivity contribution in [2.45, 2.75) is 39.8 Å². The van der Waals surface area contributed by atoms with Crippen LogP contribution in [0.15, 0.2) is 18.2 Å². The van der Waals surface area contributed by atoms with Gasteiger partial charge in [0, 0.05) is 25.2 Å². The Hall–Kier alpha value is -1.16. The number of rotatable bonds is 1. The molecule has 2 atom stereocenters. The largest absolute Gasteiger partial charge is 0.364 e. The molecule has 2 unspecified atom stereocenters. The fourth-order valence-electron chi connectivity index (χ4n) is 2.49. The standard InChI is InChI=1S/C15H22F2N2/c1-10-8-18-13(15(2,3)4)9-19(10)12-7-5-6-11(16)14(12)17/h5-7,10,13,18H,8-9H2,1-4H3. The van der Waals surface area contributed by atoms with Crippen molar-refractivity contribution in [3.63, 3.8) is 0 Å². The molecule has 0 radical (unpaired) electrons. The van der Waals surface area contributed by atoms with Gasteiger partial charge in [-0.2, -0.15) is 0 Å². The van der Waals surface area contributed by atoms with Gasteiger partial charge in [-0.3, -0.25) is 0 Å². The van der Waals surface area contributed by atoms with Gasteiger partial charge in [0.15, 0.2) is 11.6 Å². The average Bonchev–Trinajstić information content (AvgIpc) is 2.32. The van der Waals surface area contributed by atoms with E-state index in [1.54, 1.807) is 12.1 Å². The lowest BCUT2D eigenvalue weighted by Crippen LogP contribution is -2.59. The molecular formula is C15H22F2N2. The van der Waals surface area contributed by atoms with Gasteiger partial charge in [-0.05, 0) is 24.5 Å². The molecule has 1 aliphatic heterocycles. The van der Waals surface area contributed by atoms with Crippen LogP contribution in [0.25, 0.3) is 0 Å². The summed E-state index contributed by atoms with van der Waals surface area (Å²) >= 11 is 0. The zero-order chi connectivity index (χ0) is 14.2. The molecule has 1 heterocycles. The van der Waals surface area contributed by atoms with E-state index in [1.165, 1.54) is 0 Å². The molecule has 2 nitrogen and oxygen atoms in total. The van der Waals surface area contributed by atoms with E-state index in [-0.39, 0.29) is 17.5 Å². The minimum atomic E-state index is -0.782. The molecule has 0 aromatic heterocycles. The summed E-state index contributed by atoms with van der Waals surface area (Å²) in [4.78, 5) is 1.96. The molecule has 1 fully saturated rings. The summed E-state index contributed by atoms with van der Waals surface area (Å²) in [6.45, 7) is 9.95. The van der Waals surface area contributed by atoms with Crippen LogP contribution in [0, 0.1) is 17.0 Å². The van der Waals surface area contributed by atoms with Crippen LogP contribution < -0.4 is 10.2 Å². The van der Waals surface area contributed by atoms with Gasteiger partial charge in [0.25, 0.3) is 0 Å². The van der Waals surface area contributed by atoms with E-state index in [1.807, 2.05) is 11.8 Å². The van der Waals surface area contributed by atoms with E-state index in [2.05, 4.69) is 26.1 Å². The molecule has 1 aliphatic rings. The molecule has 1 saturated heterocycles. The van der Waals surface area contributed by atoms with E-state index < -0.39 is 11.6 Å². The first-order valence-electron chi connectivity index (χ1n) is 6.74. The summed E-state index contributed by atoms with van der Waals surface area (Å²) in [6.07, 6.45) is 0. The Bertz CT molecular complexity index is 454. The van der Waals surface area contributed by atoms with Gasteiger partial charge in [-0.25, -0.2) is 8.78 Å². The molecule has 0 amide bonds. The fraction of sp³-hybridized carbons (Fsp3) is 0.600. The van der Waals surface area contributed by atoms with Gasteiger partial charge < -0.3 is 10.2 Å². The fourth-order valence-corrected chi connectivity index (χ4v) is 2.49.